The second-order valence-corrected chi connectivity index (χ2v) is 9.04. The maximum atomic E-state index is 13.3. The third-order valence-corrected chi connectivity index (χ3v) is 6.86. The number of carboxylic acids is 1. The summed E-state index contributed by atoms with van der Waals surface area (Å²) in [5.74, 6) is 0.807. The second-order valence-electron chi connectivity index (χ2n) is 9.04. The third kappa shape index (κ3) is 5.48. The lowest BCUT2D eigenvalue weighted by Crippen LogP contribution is -2.52. The van der Waals surface area contributed by atoms with Crippen molar-refractivity contribution in [2.45, 2.75) is 56.5 Å². The van der Waals surface area contributed by atoms with Crippen LogP contribution in [0.15, 0.2) is 48.5 Å². The Hall–Kier alpha value is -3.79. The number of carbonyl (C=O) groups excluding carboxylic acids is 2. The maximum absolute atomic E-state index is 13.3. The summed E-state index contributed by atoms with van der Waals surface area (Å²) in [5.41, 5.74) is 4.36. The summed E-state index contributed by atoms with van der Waals surface area (Å²) in [6.45, 7) is 0.416. The van der Waals surface area contributed by atoms with Crippen molar-refractivity contribution < 1.29 is 24.2 Å². The van der Waals surface area contributed by atoms with Gasteiger partial charge in [0.15, 0.2) is 0 Å². The SMILES string of the molecule is C#CCCN(C(=O)C(CC(=O)O)NC(=O)OCC1c2ccccc2-c2ccccc21)C1CCCC1. The molecular formula is C28H30N2O5. The number of amides is 2. The number of alkyl carbamates (subject to hydrolysis) is 1. The van der Waals surface area contributed by atoms with E-state index >= 15 is 0 Å². The molecule has 2 aliphatic rings. The van der Waals surface area contributed by atoms with Crippen LogP contribution in [-0.2, 0) is 14.3 Å². The molecule has 1 saturated carbocycles. The van der Waals surface area contributed by atoms with Crippen molar-refractivity contribution >= 4 is 18.0 Å². The van der Waals surface area contributed by atoms with Crippen molar-refractivity contribution in [2.75, 3.05) is 13.2 Å². The van der Waals surface area contributed by atoms with Crippen molar-refractivity contribution in [2.24, 2.45) is 0 Å². The van der Waals surface area contributed by atoms with Crippen LogP contribution in [0.5, 0.6) is 0 Å². The Morgan fingerprint density at radius 3 is 2.23 bits per heavy atom. The van der Waals surface area contributed by atoms with Gasteiger partial charge < -0.3 is 20.1 Å². The van der Waals surface area contributed by atoms with Gasteiger partial charge in [0, 0.05) is 24.9 Å². The van der Waals surface area contributed by atoms with Gasteiger partial charge in [-0.1, -0.05) is 61.4 Å². The lowest BCUT2D eigenvalue weighted by Gasteiger charge is -2.31. The fourth-order valence-electron chi connectivity index (χ4n) is 5.23. The molecular weight excluding hydrogens is 444 g/mol. The molecule has 0 saturated heterocycles. The number of nitrogens with one attached hydrogen (secondary N) is 1. The van der Waals surface area contributed by atoms with Gasteiger partial charge in [0.05, 0.1) is 6.42 Å². The molecule has 2 aromatic carbocycles. The first kappa shape index (κ1) is 24.3. The van der Waals surface area contributed by atoms with Crippen LogP contribution in [-0.4, -0.2) is 53.2 Å². The van der Waals surface area contributed by atoms with Crippen LogP contribution in [0.2, 0.25) is 0 Å². The fourth-order valence-corrected chi connectivity index (χ4v) is 5.23. The summed E-state index contributed by atoms with van der Waals surface area (Å²) in [6.07, 6.45) is 8.15. The van der Waals surface area contributed by atoms with Gasteiger partial charge in [0.2, 0.25) is 5.91 Å². The van der Waals surface area contributed by atoms with Gasteiger partial charge in [-0.25, -0.2) is 4.79 Å². The highest BCUT2D eigenvalue weighted by molar-refractivity contribution is 5.89. The number of carbonyl (C=O) groups is 3. The summed E-state index contributed by atoms with van der Waals surface area (Å²) in [7, 11) is 0. The van der Waals surface area contributed by atoms with E-state index < -0.39 is 30.4 Å². The van der Waals surface area contributed by atoms with Crippen LogP contribution in [0.25, 0.3) is 11.1 Å². The van der Waals surface area contributed by atoms with Crippen LogP contribution in [0.1, 0.15) is 55.6 Å². The molecule has 0 bridgehead atoms. The van der Waals surface area contributed by atoms with E-state index in [1.54, 1.807) is 4.90 Å². The van der Waals surface area contributed by atoms with Crippen LogP contribution in [0.4, 0.5) is 4.79 Å². The number of carboxylic acid groups (broad SMARTS) is 1. The van der Waals surface area contributed by atoms with E-state index in [0.29, 0.717) is 13.0 Å². The van der Waals surface area contributed by atoms with Crippen LogP contribution >= 0.6 is 0 Å². The number of benzene rings is 2. The van der Waals surface area contributed by atoms with Crippen molar-refractivity contribution in [3.8, 4) is 23.5 Å². The first-order valence-electron chi connectivity index (χ1n) is 12.1. The number of ether oxygens (including phenoxy) is 1. The van der Waals surface area contributed by atoms with Gasteiger partial charge in [-0.05, 0) is 35.1 Å². The molecule has 0 spiro atoms. The molecule has 4 rings (SSSR count). The van der Waals surface area contributed by atoms with Crippen molar-refractivity contribution in [1.29, 1.82) is 0 Å². The molecule has 2 aromatic rings. The summed E-state index contributed by atoms with van der Waals surface area (Å²) in [5, 5.41) is 11.9. The quantitative estimate of drug-likeness (QED) is 0.532. The Labute approximate surface area is 205 Å². The van der Waals surface area contributed by atoms with Crippen LogP contribution < -0.4 is 5.32 Å². The smallest absolute Gasteiger partial charge is 0.407 e. The first-order valence-corrected chi connectivity index (χ1v) is 12.1. The molecule has 7 nitrogen and oxygen atoms in total. The zero-order valence-electron chi connectivity index (χ0n) is 19.6. The number of aliphatic carboxylic acids is 1. The van der Waals surface area contributed by atoms with E-state index in [4.69, 9.17) is 11.2 Å². The molecule has 1 fully saturated rings. The fraction of sp³-hybridized carbons (Fsp3) is 0.393. The Morgan fingerprint density at radius 2 is 1.66 bits per heavy atom. The number of hydrogen-bond donors (Lipinski definition) is 2. The zero-order valence-corrected chi connectivity index (χ0v) is 19.6. The lowest BCUT2D eigenvalue weighted by molar-refractivity contribution is -0.143. The van der Waals surface area contributed by atoms with Gasteiger partial charge in [-0.2, -0.15) is 0 Å². The molecule has 0 aromatic heterocycles. The highest BCUT2D eigenvalue weighted by atomic mass is 16.5. The molecule has 182 valence electrons. The summed E-state index contributed by atoms with van der Waals surface area (Å²) in [6, 6.07) is 14.8. The number of nitrogens with zero attached hydrogens (tertiary/aromatic N) is 1. The number of terminal acetylenes is 1. The van der Waals surface area contributed by atoms with Crippen molar-refractivity contribution in [1.82, 2.24) is 10.2 Å². The summed E-state index contributed by atoms with van der Waals surface area (Å²) in [4.78, 5) is 39.2. The van der Waals surface area contributed by atoms with Gasteiger partial charge in [-0.3, -0.25) is 9.59 Å². The van der Waals surface area contributed by atoms with E-state index in [1.165, 1.54) is 0 Å². The van der Waals surface area contributed by atoms with Crippen LogP contribution in [0, 0.1) is 12.3 Å². The van der Waals surface area contributed by atoms with Crippen LogP contribution in [0.3, 0.4) is 0 Å². The first-order chi connectivity index (χ1) is 17.0. The normalized spacial score (nSPS) is 15.5. The molecule has 2 N–H and O–H groups in total. The maximum Gasteiger partial charge on any atom is 0.407 e. The third-order valence-electron chi connectivity index (χ3n) is 6.86. The van der Waals surface area contributed by atoms with E-state index in [1.807, 2.05) is 48.5 Å². The van der Waals surface area contributed by atoms with E-state index in [9.17, 15) is 19.5 Å². The Bertz CT molecular complexity index is 1090. The predicted octanol–water partition coefficient (Wildman–Crippen LogP) is 4.16. The Balaban J connectivity index is 1.45. The summed E-state index contributed by atoms with van der Waals surface area (Å²) >= 11 is 0. The minimum absolute atomic E-state index is 0.0106. The average Bonchev–Trinajstić information content (AvgIpc) is 3.49. The molecule has 0 radical (unpaired) electrons. The van der Waals surface area contributed by atoms with E-state index in [2.05, 4.69) is 11.2 Å². The average molecular weight is 475 g/mol. The number of fused-ring (bicyclic) bond motifs is 3. The molecule has 2 amide bonds. The lowest BCUT2D eigenvalue weighted by atomic mass is 9.98. The molecule has 1 atom stereocenters. The highest BCUT2D eigenvalue weighted by Gasteiger charge is 2.34. The topological polar surface area (TPSA) is 95.9 Å². The second kappa shape index (κ2) is 11.1. The standard InChI is InChI=1S/C28H30N2O5/c1-2-3-16-30(19-10-4-5-11-19)27(33)25(17-26(31)32)29-28(34)35-18-24-22-14-8-6-12-20(22)21-13-7-9-15-23(21)24/h1,6-9,12-15,19,24-25H,3-5,10-11,16-18H2,(H,29,34)(H,31,32). The number of rotatable bonds is 9. The minimum atomic E-state index is -1.22. The Kier molecular flexibility index (Phi) is 7.71. The monoisotopic (exact) mass is 474 g/mol. The minimum Gasteiger partial charge on any atom is -0.481 e. The van der Waals surface area contributed by atoms with Crippen molar-refractivity contribution in [3.63, 3.8) is 0 Å². The predicted molar refractivity (Wildman–Crippen MR) is 132 cm³/mol. The number of hydrogen-bond acceptors (Lipinski definition) is 4. The van der Waals surface area contributed by atoms with Gasteiger partial charge in [0.25, 0.3) is 0 Å². The molecule has 0 aliphatic heterocycles. The van der Waals surface area contributed by atoms with E-state index in [0.717, 1.165) is 47.9 Å². The summed E-state index contributed by atoms with van der Waals surface area (Å²) < 4.78 is 5.54. The molecule has 35 heavy (non-hydrogen) atoms. The van der Waals surface area contributed by atoms with E-state index in [-0.39, 0.29) is 18.6 Å². The molecule has 1 unspecified atom stereocenters. The highest BCUT2D eigenvalue weighted by Crippen LogP contribution is 2.44. The van der Waals surface area contributed by atoms with Crippen molar-refractivity contribution in [3.05, 3.63) is 59.7 Å². The molecule has 7 heteroatoms. The molecule has 2 aliphatic carbocycles. The van der Waals surface area contributed by atoms with Gasteiger partial charge in [0.1, 0.15) is 12.6 Å². The molecule has 0 heterocycles. The largest absolute Gasteiger partial charge is 0.481 e. The Morgan fingerprint density at radius 1 is 1.06 bits per heavy atom. The van der Waals surface area contributed by atoms with Gasteiger partial charge in [-0.15, -0.1) is 12.3 Å². The zero-order chi connectivity index (χ0) is 24.8. The van der Waals surface area contributed by atoms with Gasteiger partial charge >= 0.3 is 12.1 Å².